The number of allylic oxidation sites excluding steroid dienone is 1. The lowest BCUT2D eigenvalue weighted by atomic mass is 10.2. The highest BCUT2D eigenvalue weighted by Gasteiger charge is 2.33. The maximum absolute atomic E-state index is 12.7. The van der Waals surface area contributed by atoms with Crippen molar-refractivity contribution in [2.24, 2.45) is 0 Å². The molecule has 2 rings (SSSR count). The Morgan fingerprint density at radius 1 is 1.32 bits per heavy atom. The normalized spacial score (nSPS) is 15.8. The van der Waals surface area contributed by atoms with Gasteiger partial charge in [0.05, 0.1) is 0 Å². The van der Waals surface area contributed by atoms with Gasteiger partial charge in [0, 0.05) is 38.8 Å². The zero-order valence-corrected chi connectivity index (χ0v) is 12.0. The third-order valence-electron chi connectivity index (χ3n) is 3.41. The summed E-state index contributed by atoms with van der Waals surface area (Å²) in [6.45, 7) is 5.31. The van der Waals surface area contributed by atoms with Gasteiger partial charge in [0.1, 0.15) is 5.69 Å². The Kier molecular flexibility index (Phi) is 4.99. The molecule has 2 heterocycles. The fraction of sp³-hybridized carbons (Fsp3) is 0.500. The van der Waals surface area contributed by atoms with Gasteiger partial charge in [-0.15, -0.1) is 6.58 Å². The molecular weight excluding hydrogens is 297 g/mol. The number of aromatic nitrogens is 2. The highest BCUT2D eigenvalue weighted by Crippen LogP contribution is 2.28. The Hall–Kier alpha value is -2.12. The van der Waals surface area contributed by atoms with Crippen LogP contribution >= 0.6 is 0 Å². The lowest BCUT2D eigenvalue weighted by Gasteiger charge is -2.34. The predicted molar refractivity (Wildman–Crippen MR) is 75.3 cm³/mol. The van der Waals surface area contributed by atoms with Crippen LogP contribution in [0.3, 0.4) is 0 Å². The molecule has 0 atom stereocenters. The molecule has 0 aromatic carbocycles. The van der Waals surface area contributed by atoms with E-state index in [-0.39, 0.29) is 11.9 Å². The number of piperazine rings is 1. The van der Waals surface area contributed by atoms with Crippen molar-refractivity contribution < 1.29 is 18.0 Å². The largest absolute Gasteiger partial charge is 0.433 e. The number of rotatable bonds is 4. The van der Waals surface area contributed by atoms with Crippen molar-refractivity contribution in [1.29, 1.82) is 0 Å². The minimum atomic E-state index is -4.49. The number of amides is 1. The highest BCUT2D eigenvalue weighted by molar-refractivity contribution is 5.76. The zero-order valence-electron chi connectivity index (χ0n) is 12.0. The number of nitrogens with zero attached hydrogens (tertiary/aromatic N) is 4. The van der Waals surface area contributed by atoms with Crippen LogP contribution in [-0.2, 0) is 11.0 Å². The third-order valence-corrected chi connectivity index (χ3v) is 3.41. The van der Waals surface area contributed by atoms with Gasteiger partial charge < -0.3 is 9.80 Å². The van der Waals surface area contributed by atoms with E-state index in [0.29, 0.717) is 39.0 Å². The molecule has 5 nitrogen and oxygen atoms in total. The Morgan fingerprint density at radius 3 is 2.59 bits per heavy atom. The van der Waals surface area contributed by atoms with Gasteiger partial charge in [0.2, 0.25) is 11.9 Å². The predicted octanol–water partition coefficient (Wildman–Crippen LogP) is 2.11. The number of halogens is 3. The van der Waals surface area contributed by atoms with E-state index in [1.807, 2.05) is 0 Å². The summed E-state index contributed by atoms with van der Waals surface area (Å²) in [5, 5.41) is 0. The van der Waals surface area contributed by atoms with Crippen LogP contribution < -0.4 is 4.90 Å². The van der Waals surface area contributed by atoms with Crippen molar-refractivity contribution in [1.82, 2.24) is 14.9 Å². The minimum absolute atomic E-state index is 0.0320. The molecule has 1 saturated heterocycles. The monoisotopic (exact) mass is 314 g/mol. The summed E-state index contributed by atoms with van der Waals surface area (Å²) in [5.41, 5.74) is -0.956. The molecular formula is C14H17F3N4O. The Morgan fingerprint density at radius 2 is 2.00 bits per heavy atom. The number of hydrogen-bond donors (Lipinski definition) is 0. The third kappa shape index (κ3) is 3.96. The zero-order chi connectivity index (χ0) is 16.2. The number of hydrogen-bond acceptors (Lipinski definition) is 4. The van der Waals surface area contributed by atoms with Crippen LogP contribution in [0, 0.1) is 0 Å². The maximum atomic E-state index is 12.7. The first-order valence-electron chi connectivity index (χ1n) is 6.95. The fourth-order valence-corrected chi connectivity index (χ4v) is 2.20. The van der Waals surface area contributed by atoms with Crippen LogP contribution in [0.1, 0.15) is 18.5 Å². The van der Waals surface area contributed by atoms with E-state index in [9.17, 15) is 18.0 Å². The van der Waals surface area contributed by atoms with Crippen LogP contribution in [0.2, 0.25) is 0 Å². The van der Waals surface area contributed by atoms with Crippen molar-refractivity contribution in [3.63, 3.8) is 0 Å². The van der Waals surface area contributed by atoms with E-state index < -0.39 is 11.9 Å². The Balaban J connectivity index is 1.97. The molecule has 1 aromatic rings. The minimum Gasteiger partial charge on any atom is -0.339 e. The topological polar surface area (TPSA) is 49.3 Å². The van der Waals surface area contributed by atoms with Crippen LogP contribution in [0.4, 0.5) is 19.1 Å². The van der Waals surface area contributed by atoms with E-state index in [0.717, 1.165) is 12.3 Å². The van der Waals surface area contributed by atoms with Crippen molar-refractivity contribution in [3.05, 3.63) is 30.6 Å². The molecule has 120 valence electrons. The summed E-state index contributed by atoms with van der Waals surface area (Å²) in [6.07, 6.45) is -0.670. The first-order chi connectivity index (χ1) is 10.4. The molecule has 0 radical (unpaired) electrons. The second-order valence-corrected chi connectivity index (χ2v) is 4.93. The lowest BCUT2D eigenvalue weighted by Crippen LogP contribution is -2.49. The van der Waals surface area contributed by atoms with E-state index in [1.165, 1.54) is 0 Å². The van der Waals surface area contributed by atoms with Gasteiger partial charge in [-0.2, -0.15) is 13.2 Å². The summed E-state index contributed by atoms with van der Waals surface area (Å²) < 4.78 is 38.0. The second-order valence-electron chi connectivity index (χ2n) is 4.93. The van der Waals surface area contributed by atoms with Crippen molar-refractivity contribution in [3.8, 4) is 0 Å². The van der Waals surface area contributed by atoms with Crippen LogP contribution in [-0.4, -0.2) is 47.0 Å². The average Bonchev–Trinajstić information content (AvgIpc) is 2.52. The molecule has 0 N–H and O–H groups in total. The molecule has 0 aliphatic carbocycles. The second kappa shape index (κ2) is 6.76. The molecule has 1 aliphatic heterocycles. The van der Waals surface area contributed by atoms with Crippen LogP contribution in [0.15, 0.2) is 24.9 Å². The molecule has 0 bridgehead atoms. The average molecular weight is 314 g/mol. The molecule has 22 heavy (non-hydrogen) atoms. The molecule has 1 fully saturated rings. The molecule has 1 amide bonds. The standard InChI is InChI=1S/C14H17F3N4O/c1-2-3-4-12(22)20-7-9-21(10-8-20)13-18-6-5-11(19-13)14(15,16)17/h2,5-6H,1,3-4,7-10H2. The quantitative estimate of drug-likeness (QED) is 0.799. The highest BCUT2D eigenvalue weighted by atomic mass is 19.4. The smallest absolute Gasteiger partial charge is 0.339 e. The van der Waals surface area contributed by atoms with Crippen LogP contribution in [0.25, 0.3) is 0 Å². The number of anilines is 1. The first-order valence-corrected chi connectivity index (χ1v) is 6.95. The van der Waals surface area contributed by atoms with Gasteiger partial charge >= 0.3 is 6.18 Å². The Labute approximate surface area is 126 Å². The van der Waals surface area contributed by atoms with Crippen molar-refractivity contribution in [2.75, 3.05) is 31.1 Å². The lowest BCUT2D eigenvalue weighted by molar-refractivity contribution is -0.141. The number of carbonyl (C=O) groups excluding carboxylic acids is 1. The van der Waals surface area contributed by atoms with E-state index in [4.69, 9.17) is 0 Å². The molecule has 0 unspecified atom stereocenters. The van der Waals surface area contributed by atoms with Gasteiger partial charge in [0.15, 0.2) is 0 Å². The summed E-state index contributed by atoms with van der Waals surface area (Å²) in [7, 11) is 0. The van der Waals surface area contributed by atoms with Gasteiger partial charge in [-0.3, -0.25) is 4.79 Å². The van der Waals surface area contributed by atoms with Gasteiger partial charge in [0.25, 0.3) is 0 Å². The first kappa shape index (κ1) is 16.3. The SMILES string of the molecule is C=CCCC(=O)N1CCN(c2nccc(C(F)(F)F)n2)CC1. The summed E-state index contributed by atoms with van der Waals surface area (Å²) >= 11 is 0. The fourth-order valence-electron chi connectivity index (χ4n) is 2.20. The number of carbonyl (C=O) groups is 1. The molecule has 0 spiro atoms. The summed E-state index contributed by atoms with van der Waals surface area (Å²) in [5.74, 6) is 0.0810. The van der Waals surface area contributed by atoms with E-state index >= 15 is 0 Å². The molecule has 1 aromatic heterocycles. The van der Waals surface area contributed by atoms with E-state index in [2.05, 4.69) is 16.5 Å². The molecule has 1 aliphatic rings. The van der Waals surface area contributed by atoms with Crippen molar-refractivity contribution >= 4 is 11.9 Å². The van der Waals surface area contributed by atoms with Crippen LogP contribution in [0.5, 0.6) is 0 Å². The van der Waals surface area contributed by atoms with Gasteiger partial charge in [-0.1, -0.05) is 6.08 Å². The van der Waals surface area contributed by atoms with E-state index in [1.54, 1.807) is 15.9 Å². The van der Waals surface area contributed by atoms with Crippen molar-refractivity contribution in [2.45, 2.75) is 19.0 Å². The molecule has 0 saturated carbocycles. The molecule has 8 heteroatoms. The number of alkyl halides is 3. The van der Waals surface area contributed by atoms with Gasteiger partial charge in [-0.05, 0) is 12.5 Å². The van der Waals surface area contributed by atoms with Gasteiger partial charge in [-0.25, -0.2) is 9.97 Å². The summed E-state index contributed by atoms with van der Waals surface area (Å²) in [4.78, 5) is 22.7. The maximum Gasteiger partial charge on any atom is 0.433 e. The Bertz CT molecular complexity index is 539. The summed E-state index contributed by atoms with van der Waals surface area (Å²) in [6, 6.07) is 0.846.